The van der Waals surface area contributed by atoms with Crippen LogP contribution in [-0.4, -0.2) is 35.1 Å². The standard InChI is InChI=1S/C11H18N2O3/c14-7-11(5-1-2-6-11)13-10(16)8-3-4-9(15)12-8/h8,14H,1-7H2,(H,12,15)(H,13,16)/t8-/m0/s1. The van der Waals surface area contributed by atoms with Crippen molar-refractivity contribution in [1.82, 2.24) is 10.6 Å². The smallest absolute Gasteiger partial charge is 0.243 e. The molecule has 0 aromatic rings. The van der Waals surface area contributed by atoms with Crippen LogP contribution in [0.15, 0.2) is 0 Å². The van der Waals surface area contributed by atoms with Gasteiger partial charge in [-0.25, -0.2) is 0 Å². The Labute approximate surface area is 94.6 Å². The van der Waals surface area contributed by atoms with Gasteiger partial charge in [-0.05, 0) is 19.3 Å². The highest BCUT2D eigenvalue weighted by atomic mass is 16.3. The molecule has 0 radical (unpaired) electrons. The Morgan fingerprint density at radius 2 is 2.19 bits per heavy atom. The minimum Gasteiger partial charge on any atom is -0.394 e. The first-order valence-electron chi connectivity index (χ1n) is 5.87. The molecule has 2 amide bonds. The van der Waals surface area contributed by atoms with E-state index in [0.29, 0.717) is 12.8 Å². The number of aliphatic hydroxyl groups is 1. The van der Waals surface area contributed by atoms with E-state index in [1.54, 1.807) is 0 Å². The van der Waals surface area contributed by atoms with Crippen LogP contribution in [-0.2, 0) is 9.59 Å². The molecule has 5 heteroatoms. The fraction of sp³-hybridized carbons (Fsp3) is 0.818. The van der Waals surface area contributed by atoms with Gasteiger partial charge in [0.15, 0.2) is 0 Å². The zero-order valence-electron chi connectivity index (χ0n) is 9.29. The van der Waals surface area contributed by atoms with Crippen LogP contribution in [0.4, 0.5) is 0 Å². The Bertz CT molecular complexity index is 298. The summed E-state index contributed by atoms with van der Waals surface area (Å²) in [5.74, 6) is -0.216. The van der Waals surface area contributed by atoms with Gasteiger partial charge in [0.05, 0.1) is 12.1 Å². The van der Waals surface area contributed by atoms with E-state index in [4.69, 9.17) is 0 Å². The highest BCUT2D eigenvalue weighted by molar-refractivity contribution is 5.91. The highest BCUT2D eigenvalue weighted by Gasteiger charge is 2.37. The third-order valence-corrected chi connectivity index (χ3v) is 3.56. The van der Waals surface area contributed by atoms with Gasteiger partial charge in [-0.3, -0.25) is 9.59 Å². The lowest BCUT2D eigenvalue weighted by Gasteiger charge is -2.29. The summed E-state index contributed by atoms with van der Waals surface area (Å²) in [7, 11) is 0. The van der Waals surface area contributed by atoms with E-state index in [2.05, 4.69) is 10.6 Å². The Morgan fingerprint density at radius 3 is 2.69 bits per heavy atom. The molecule has 0 bridgehead atoms. The van der Waals surface area contributed by atoms with Gasteiger partial charge < -0.3 is 15.7 Å². The van der Waals surface area contributed by atoms with Crippen LogP contribution in [0.2, 0.25) is 0 Å². The lowest BCUT2D eigenvalue weighted by Crippen LogP contribution is -2.54. The van der Waals surface area contributed by atoms with Crippen LogP contribution in [0.25, 0.3) is 0 Å². The maximum atomic E-state index is 11.9. The van der Waals surface area contributed by atoms with Crippen LogP contribution in [0.3, 0.4) is 0 Å². The van der Waals surface area contributed by atoms with E-state index in [9.17, 15) is 14.7 Å². The topological polar surface area (TPSA) is 78.4 Å². The lowest BCUT2D eigenvalue weighted by molar-refractivity contribution is -0.127. The van der Waals surface area contributed by atoms with Crippen molar-refractivity contribution in [2.75, 3.05) is 6.61 Å². The first-order chi connectivity index (χ1) is 7.65. The van der Waals surface area contributed by atoms with Crippen LogP contribution in [0, 0.1) is 0 Å². The van der Waals surface area contributed by atoms with Gasteiger partial charge in [0.1, 0.15) is 6.04 Å². The molecule has 1 aliphatic carbocycles. The van der Waals surface area contributed by atoms with Gasteiger partial charge in [0.25, 0.3) is 0 Å². The first-order valence-corrected chi connectivity index (χ1v) is 5.87. The van der Waals surface area contributed by atoms with Crippen molar-refractivity contribution in [2.45, 2.75) is 50.1 Å². The quantitative estimate of drug-likeness (QED) is 0.617. The second-order valence-electron chi connectivity index (χ2n) is 4.79. The molecule has 2 rings (SSSR count). The summed E-state index contributed by atoms with van der Waals surface area (Å²) in [4.78, 5) is 22.9. The number of hydrogen-bond acceptors (Lipinski definition) is 3. The lowest BCUT2D eigenvalue weighted by atomic mass is 9.98. The fourth-order valence-electron chi connectivity index (χ4n) is 2.53. The molecular weight excluding hydrogens is 208 g/mol. The summed E-state index contributed by atoms with van der Waals surface area (Å²) < 4.78 is 0. The van der Waals surface area contributed by atoms with Gasteiger partial charge in [-0.1, -0.05) is 12.8 Å². The van der Waals surface area contributed by atoms with Crippen molar-refractivity contribution in [3.8, 4) is 0 Å². The molecule has 90 valence electrons. The molecule has 1 saturated heterocycles. The van der Waals surface area contributed by atoms with E-state index in [0.717, 1.165) is 25.7 Å². The average molecular weight is 226 g/mol. The van der Waals surface area contributed by atoms with Gasteiger partial charge in [0, 0.05) is 6.42 Å². The van der Waals surface area contributed by atoms with Crippen molar-refractivity contribution < 1.29 is 14.7 Å². The van der Waals surface area contributed by atoms with Crippen molar-refractivity contribution >= 4 is 11.8 Å². The number of rotatable bonds is 3. The van der Waals surface area contributed by atoms with Crippen LogP contribution in [0.1, 0.15) is 38.5 Å². The normalized spacial score (nSPS) is 27.8. The number of nitrogens with one attached hydrogen (secondary N) is 2. The largest absolute Gasteiger partial charge is 0.394 e. The molecule has 0 spiro atoms. The zero-order valence-corrected chi connectivity index (χ0v) is 9.29. The SMILES string of the molecule is O=C1CC[C@@H](C(=O)NC2(CO)CCCC2)N1. The third kappa shape index (κ3) is 2.19. The molecule has 16 heavy (non-hydrogen) atoms. The van der Waals surface area contributed by atoms with Gasteiger partial charge >= 0.3 is 0 Å². The minimum absolute atomic E-state index is 0.0145. The number of amides is 2. The minimum atomic E-state index is -0.440. The molecule has 0 aromatic carbocycles. The molecule has 2 aliphatic rings. The molecule has 1 aliphatic heterocycles. The predicted molar refractivity (Wildman–Crippen MR) is 57.6 cm³/mol. The first kappa shape index (κ1) is 11.4. The monoisotopic (exact) mass is 226 g/mol. The second-order valence-corrected chi connectivity index (χ2v) is 4.79. The summed E-state index contributed by atoms with van der Waals surface area (Å²) in [6, 6.07) is -0.406. The van der Waals surface area contributed by atoms with E-state index in [1.165, 1.54) is 0 Å². The maximum Gasteiger partial charge on any atom is 0.243 e. The van der Waals surface area contributed by atoms with E-state index >= 15 is 0 Å². The van der Waals surface area contributed by atoms with E-state index in [-0.39, 0.29) is 18.4 Å². The molecule has 0 aromatic heterocycles. The molecule has 1 saturated carbocycles. The van der Waals surface area contributed by atoms with E-state index < -0.39 is 11.6 Å². The van der Waals surface area contributed by atoms with E-state index in [1.807, 2.05) is 0 Å². The average Bonchev–Trinajstić information content (AvgIpc) is 2.88. The summed E-state index contributed by atoms with van der Waals surface area (Å²) >= 11 is 0. The van der Waals surface area contributed by atoms with Crippen molar-refractivity contribution in [1.29, 1.82) is 0 Å². The summed E-state index contributed by atoms with van der Waals surface area (Å²) in [6.45, 7) is -0.0145. The highest BCUT2D eigenvalue weighted by Crippen LogP contribution is 2.29. The van der Waals surface area contributed by atoms with Crippen LogP contribution >= 0.6 is 0 Å². The predicted octanol–water partition coefficient (Wildman–Crippen LogP) is -0.314. The molecule has 1 heterocycles. The van der Waals surface area contributed by atoms with Crippen molar-refractivity contribution in [3.05, 3.63) is 0 Å². The molecule has 2 fully saturated rings. The number of aliphatic hydroxyl groups excluding tert-OH is 1. The number of carbonyl (C=O) groups excluding carboxylic acids is 2. The van der Waals surface area contributed by atoms with Gasteiger partial charge in [-0.15, -0.1) is 0 Å². The van der Waals surface area contributed by atoms with Crippen molar-refractivity contribution in [3.63, 3.8) is 0 Å². The number of carbonyl (C=O) groups is 2. The third-order valence-electron chi connectivity index (χ3n) is 3.56. The van der Waals surface area contributed by atoms with Gasteiger partial charge in [0.2, 0.25) is 11.8 Å². The Morgan fingerprint density at radius 1 is 1.50 bits per heavy atom. The summed E-state index contributed by atoms with van der Waals surface area (Å²) in [5.41, 5.74) is -0.440. The van der Waals surface area contributed by atoms with Gasteiger partial charge in [-0.2, -0.15) is 0 Å². The second kappa shape index (κ2) is 4.41. The maximum absolute atomic E-state index is 11.9. The fourth-order valence-corrected chi connectivity index (χ4v) is 2.53. The summed E-state index contributed by atoms with van der Waals surface area (Å²) in [6.07, 6.45) is 4.72. The van der Waals surface area contributed by atoms with Crippen LogP contribution in [0.5, 0.6) is 0 Å². The zero-order chi connectivity index (χ0) is 11.6. The molecular formula is C11H18N2O3. The summed E-state index contributed by atoms with van der Waals surface area (Å²) in [5, 5.41) is 14.9. The Balaban J connectivity index is 1.93. The number of hydrogen-bond donors (Lipinski definition) is 3. The molecule has 3 N–H and O–H groups in total. The molecule has 1 atom stereocenters. The Hall–Kier alpha value is -1.10. The molecule has 5 nitrogen and oxygen atoms in total. The van der Waals surface area contributed by atoms with Crippen LogP contribution < -0.4 is 10.6 Å². The Kier molecular flexibility index (Phi) is 3.14. The van der Waals surface area contributed by atoms with Crippen molar-refractivity contribution in [2.24, 2.45) is 0 Å². The molecule has 0 unspecified atom stereocenters.